The molecule has 322 valence electrons. The van der Waals surface area contributed by atoms with Crippen molar-refractivity contribution in [1.29, 1.82) is 0 Å². The van der Waals surface area contributed by atoms with E-state index in [0.717, 1.165) is 102 Å². The first-order valence-corrected chi connectivity index (χ1v) is 23.4. The van der Waals surface area contributed by atoms with Crippen LogP contribution in [0, 0.1) is 0 Å². The van der Waals surface area contributed by atoms with Gasteiger partial charge in [-0.15, -0.1) is 0 Å². The second-order valence-corrected chi connectivity index (χ2v) is 19.6. The highest BCUT2D eigenvalue weighted by Gasteiger charge is 2.41. The molecule has 0 fully saturated rings. The van der Waals surface area contributed by atoms with Crippen LogP contribution in [-0.4, -0.2) is 16.2 Å². The topological polar surface area (TPSA) is 55.2 Å². The van der Waals surface area contributed by atoms with Crippen molar-refractivity contribution < 1.29 is 14.2 Å². The Hall–Kier alpha value is -8.14. The van der Waals surface area contributed by atoms with E-state index in [1.165, 1.54) is 26.5 Å². The number of hydrogen-bond donors (Lipinski definition) is 0. The fraction of sp³-hybridized carbons (Fsp3) is 0.0862. The SMILES string of the molecule is CC(C)(C)c1ccnc(-n2c3ccc(-c4ccccc4)cc3c3ccc(Oc4cccc(N5CN(c6cc7c8c(c6)Oc6cccc9c6N8c6c(cccc6S9)O7)c6ccccc65)c4)cc32)c1. The standard InChI is InChI=1S/C58H41N5O3S/c1-58(2,3)37-26-27-59-54(29-37)62-44-25-22-36(35-12-5-4-6-13-35)28-43(44)42-24-23-41(33-47(42)62)64-40-15-9-14-38(30-40)60-34-61(46-17-8-7-16-45(46)60)39-31-50-55-51(32-39)66-49-19-11-21-53-57(49)63(55)56-48(65-50)18-10-20-52(56)67-53/h4-33H,34H2,1-3H3. The molecular weight excluding hydrogens is 847 g/mol. The molecule has 0 N–H and O–H groups in total. The molecular formula is C58H41N5O3S. The minimum absolute atomic E-state index is 0.0372. The quantitative estimate of drug-likeness (QED) is 0.164. The number of benzene rings is 8. The van der Waals surface area contributed by atoms with Crippen LogP contribution in [0.25, 0.3) is 38.8 Å². The Bertz CT molecular complexity index is 3630. The Balaban J connectivity index is 0.821. The van der Waals surface area contributed by atoms with E-state index in [4.69, 9.17) is 19.2 Å². The van der Waals surface area contributed by atoms with Crippen LogP contribution in [-0.2, 0) is 5.41 Å². The van der Waals surface area contributed by atoms with Crippen LogP contribution < -0.4 is 28.9 Å². The summed E-state index contributed by atoms with van der Waals surface area (Å²) in [6.45, 7) is 7.29. The monoisotopic (exact) mass is 887 g/mol. The van der Waals surface area contributed by atoms with Crippen LogP contribution in [0.5, 0.6) is 34.5 Å². The van der Waals surface area contributed by atoms with Gasteiger partial charge in [0, 0.05) is 56.7 Å². The van der Waals surface area contributed by atoms with Gasteiger partial charge in [0.1, 0.15) is 41.0 Å². The van der Waals surface area contributed by atoms with Gasteiger partial charge in [-0.3, -0.25) is 9.47 Å². The van der Waals surface area contributed by atoms with Crippen molar-refractivity contribution in [2.75, 3.05) is 21.4 Å². The van der Waals surface area contributed by atoms with Crippen molar-refractivity contribution in [3.8, 4) is 51.4 Å². The zero-order valence-electron chi connectivity index (χ0n) is 36.9. The van der Waals surface area contributed by atoms with Crippen molar-refractivity contribution in [2.45, 2.75) is 36.0 Å². The Morgan fingerprint density at radius 2 is 1.21 bits per heavy atom. The number of para-hydroxylation sites is 4. The van der Waals surface area contributed by atoms with Gasteiger partial charge in [-0.25, -0.2) is 4.98 Å². The lowest BCUT2D eigenvalue weighted by Crippen LogP contribution is -2.26. The van der Waals surface area contributed by atoms with Crippen molar-refractivity contribution >= 4 is 73.4 Å². The summed E-state index contributed by atoms with van der Waals surface area (Å²) in [4.78, 5) is 14.3. The second-order valence-electron chi connectivity index (χ2n) is 18.5. The molecule has 0 spiro atoms. The second kappa shape index (κ2) is 14.2. The van der Waals surface area contributed by atoms with E-state index in [9.17, 15) is 0 Å². The number of ether oxygens (including phenoxy) is 3. The van der Waals surface area contributed by atoms with Crippen LogP contribution in [0.4, 0.5) is 39.8 Å². The third-order valence-electron chi connectivity index (χ3n) is 13.4. The molecule has 67 heavy (non-hydrogen) atoms. The summed E-state index contributed by atoms with van der Waals surface area (Å²) in [5.41, 5.74) is 12.9. The molecule has 0 bridgehead atoms. The predicted molar refractivity (Wildman–Crippen MR) is 270 cm³/mol. The zero-order chi connectivity index (χ0) is 44.5. The first-order chi connectivity index (χ1) is 32.8. The highest BCUT2D eigenvalue weighted by Crippen LogP contribution is 2.67. The molecule has 4 aliphatic rings. The molecule has 0 saturated carbocycles. The Kier molecular flexibility index (Phi) is 8.08. The van der Waals surface area contributed by atoms with Crippen molar-refractivity contribution in [3.63, 3.8) is 0 Å². The third-order valence-corrected chi connectivity index (χ3v) is 14.5. The number of fused-ring (bicyclic) bond motifs is 4. The highest BCUT2D eigenvalue weighted by molar-refractivity contribution is 7.99. The number of aromatic nitrogens is 2. The summed E-state index contributed by atoms with van der Waals surface area (Å²) in [6, 6.07) is 61.8. The van der Waals surface area contributed by atoms with E-state index in [0.29, 0.717) is 6.67 Å². The Morgan fingerprint density at radius 1 is 0.522 bits per heavy atom. The average molecular weight is 888 g/mol. The van der Waals surface area contributed by atoms with Crippen LogP contribution in [0.2, 0.25) is 0 Å². The molecule has 0 atom stereocenters. The van der Waals surface area contributed by atoms with E-state index in [-0.39, 0.29) is 5.41 Å². The third kappa shape index (κ3) is 5.90. The first-order valence-electron chi connectivity index (χ1n) is 22.6. The van der Waals surface area contributed by atoms with Gasteiger partial charge in [0.15, 0.2) is 23.0 Å². The largest absolute Gasteiger partial charge is 0.457 e. The highest BCUT2D eigenvalue weighted by atomic mass is 32.2. The lowest BCUT2D eigenvalue weighted by Gasteiger charge is -2.42. The molecule has 0 radical (unpaired) electrons. The molecule has 2 aromatic heterocycles. The van der Waals surface area contributed by atoms with Gasteiger partial charge in [0.2, 0.25) is 0 Å². The minimum Gasteiger partial charge on any atom is -0.457 e. The zero-order valence-corrected chi connectivity index (χ0v) is 37.7. The summed E-state index contributed by atoms with van der Waals surface area (Å²) in [6.07, 6.45) is 1.92. The summed E-state index contributed by atoms with van der Waals surface area (Å²) in [7, 11) is 0. The fourth-order valence-corrected chi connectivity index (χ4v) is 11.3. The van der Waals surface area contributed by atoms with E-state index in [2.05, 4.69) is 210 Å². The van der Waals surface area contributed by atoms with Gasteiger partial charge < -0.3 is 24.0 Å². The molecule has 4 aliphatic heterocycles. The molecule has 10 aromatic rings. The van der Waals surface area contributed by atoms with Gasteiger partial charge in [-0.05, 0) is 107 Å². The maximum atomic E-state index is 6.81. The molecule has 8 nitrogen and oxygen atoms in total. The van der Waals surface area contributed by atoms with E-state index in [1.807, 2.05) is 12.3 Å². The summed E-state index contributed by atoms with van der Waals surface area (Å²) >= 11 is 1.76. The molecule has 0 unspecified atom stereocenters. The lowest BCUT2D eigenvalue weighted by atomic mass is 9.88. The van der Waals surface area contributed by atoms with Gasteiger partial charge in [0.05, 0.1) is 28.1 Å². The van der Waals surface area contributed by atoms with Gasteiger partial charge in [-0.2, -0.15) is 0 Å². The normalized spacial score (nSPS) is 13.9. The van der Waals surface area contributed by atoms with Gasteiger partial charge in [-0.1, -0.05) is 99.3 Å². The van der Waals surface area contributed by atoms with Crippen LogP contribution in [0.1, 0.15) is 26.3 Å². The van der Waals surface area contributed by atoms with Gasteiger partial charge in [0.25, 0.3) is 0 Å². The number of rotatable bonds is 6. The lowest BCUT2D eigenvalue weighted by molar-refractivity contribution is 0.443. The number of pyridine rings is 1. The molecule has 8 aromatic carbocycles. The Morgan fingerprint density at radius 3 is 1.94 bits per heavy atom. The summed E-state index contributed by atoms with van der Waals surface area (Å²) in [5.74, 6) is 5.57. The number of nitrogens with zero attached hydrogens (tertiary/aromatic N) is 5. The predicted octanol–water partition coefficient (Wildman–Crippen LogP) is 16.3. The maximum Gasteiger partial charge on any atom is 0.157 e. The van der Waals surface area contributed by atoms with E-state index >= 15 is 0 Å². The molecule has 14 rings (SSSR count). The minimum atomic E-state index is -0.0372. The fourth-order valence-electron chi connectivity index (χ4n) is 10.2. The van der Waals surface area contributed by atoms with Crippen LogP contribution in [0.15, 0.2) is 192 Å². The number of anilines is 7. The van der Waals surface area contributed by atoms with Crippen molar-refractivity contribution in [2.24, 2.45) is 0 Å². The van der Waals surface area contributed by atoms with Gasteiger partial charge >= 0.3 is 0 Å². The van der Waals surface area contributed by atoms with Crippen molar-refractivity contribution in [3.05, 3.63) is 188 Å². The maximum absolute atomic E-state index is 6.81. The van der Waals surface area contributed by atoms with Crippen molar-refractivity contribution in [1.82, 2.24) is 9.55 Å². The van der Waals surface area contributed by atoms with E-state index < -0.39 is 0 Å². The molecule has 6 heterocycles. The molecule has 0 aliphatic carbocycles. The molecule has 0 amide bonds. The molecule has 9 heteroatoms. The van der Waals surface area contributed by atoms with Crippen LogP contribution >= 0.6 is 11.8 Å². The molecule has 0 saturated heterocycles. The van der Waals surface area contributed by atoms with E-state index in [1.54, 1.807) is 11.8 Å². The van der Waals surface area contributed by atoms with Crippen LogP contribution in [0.3, 0.4) is 0 Å². The summed E-state index contributed by atoms with van der Waals surface area (Å²) in [5, 5.41) is 2.30. The Labute approximate surface area is 391 Å². The number of hydrogen-bond acceptors (Lipinski definition) is 8. The first kappa shape index (κ1) is 38.2. The summed E-state index contributed by atoms with van der Waals surface area (Å²) < 4.78 is 22.6. The average Bonchev–Trinajstić information content (AvgIpc) is 3.90. The smallest absolute Gasteiger partial charge is 0.157 e.